The molecule has 0 saturated heterocycles. The molecule has 0 saturated carbocycles. The van der Waals surface area contributed by atoms with Gasteiger partial charge in [-0.3, -0.25) is 14.2 Å². The molecule has 0 aliphatic rings. The highest BCUT2D eigenvalue weighted by Crippen LogP contribution is 2.48. The number of hydrogen-bond acceptors (Lipinski definition) is 6. The maximum absolute atomic E-state index is 13.6. The summed E-state index contributed by atoms with van der Waals surface area (Å²) < 4.78 is 30.0. The summed E-state index contributed by atoms with van der Waals surface area (Å²) in [7, 11) is -2.22. The van der Waals surface area contributed by atoms with Crippen molar-refractivity contribution in [3.63, 3.8) is 0 Å². The van der Waals surface area contributed by atoms with Crippen molar-refractivity contribution in [2.24, 2.45) is 5.41 Å². The predicted octanol–water partition coefficient (Wildman–Crippen LogP) is 5.13. The molecule has 0 amide bonds. The third-order valence-electron chi connectivity index (χ3n) is 5.15. The number of benzene rings is 1. The van der Waals surface area contributed by atoms with E-state index >= 15 is 0 Å². The summed E-state index contributed by atoms with van der Waals surface area (Å²) in [6, 6.07) is 4.87. The molecule has 0 spiro atoms. The molecule has 32 heavy (non-hydrogen) atoms. The number of methoxy groups -OCH3 is 1. The van der Waals surface area contributed by atoms with Crippen LogP contribution in [0.3, 0.4) is 0 Å². The first kappa shape index (κ1) is 28.1. The maximum atomic E-state index is 13.6. The van der Waals surface area contributed by atoms with Crippen molar-refractivity contribution < 1.29 is 33.3 Å². The molecule has 0 aliphatic carbocycles. The minimum Gasteiger partial charge on any atom is -0.481 e. The summed E-state index contributed by atoms with van der Waals surface area (Å²) in [4.78, 5) is 23.6. The molecule has 0 bridgehead atoms. The lowest BCUT2D eigenvalue weighted by molar-refractivity contribution is -0.152. The number of carboxylic acids is 1. The van der Waals surface area contributed by atoms with Gasteiger partial charge in [-0.2, -0.15) is 0 Å². The highest BCUT2D eigenvalue weighted by Gasteiger charge is 2.33. The van der Waals surface area contributed by atoms with Gasteiger partial charge in [-0.15, -0.1) is 0 Å². The van der Waals surface area contributed by atoms with Gasteiger partial charge in [0.2, 0.25) is 0 Å². The van der Waals surface area contributed by atoms with E-state index in [1.807, 2.05) is 45.9 Å². The van der Waals surface area contributed by atoms with Gasteiger partial charge in [0.05, 0.1) is 12.0 Å². The first-order valence-electron chi connectivity index (χ1n) is 10.8. The van der Waals surface area contributed by atoms with Crippen LogP contribution in [0.15, 0.2) is 18.2 Å². The fourth-order valence-corrected chi connectivity index (χ4v) is 4.70. The normalized spacial score (nSPS) is 14.8. The van der Waals surface area contributed by atoms with Gasteiger partial charge in [-0.05, 0) is 50.2 Å². The van der Waals surface area contributed by atoms with Gasteiger partial charge in [0.15, 0.2) is 0 Å². The minimum absolute atomic E-state index is 0.0622. The molecule has 0 heterocycles. The van der Waals surface area contributed by atoms with E-state index in [1.54, 1.807) is 13.8 Å². The summed E-state index contributed by atoms with van der Waals surface area (Å²) in [5.74, 6) is -0.802. The highest BCUT2D eigenvalue weighted by atomic mass is 31.2. The Bertz CT molecular complexity index is 809. The number of carbonyl (C=O) groups excluding carboxylic acids is 1. The molecule has 0 aliphatic heterocycles. The van der Waals surface area contributed by atoms with E-state index in [9.17, 15) is 19.3 Å². The zero-order valence-corrected chi connectivity index (χ0v) is 21.3. The predicted molar refractivity (Wildman–Crippen MR) is 124 cm³/mol. The van der Waals surface area contributed by atoms with E-state index in [0.717, 1.165) is 11.1 Å². The molecule has 1 aromatic carbocycles. The van der Waals surface area contributed by atoms with Crippen LogP contribution >= 0.6 is 7.52 Å². The van der Waals surface area contributed by atoms with E-state index in [-0.39, 0.29) is 31.2 Å². The molecule has 0 aromatic heterocycles. The van der Waals surface area contributed by atoms with Crippen molar-refractivity contribution in [2.75, 3.05) is 20.1 Å². The second kappa shape index (κ2) is 11.8. The third kappa shape index (κ3) is 7.91. The van der Waals surface area contributed by atoms with Crippen molar-refractivity contribution in [2.45, 2.75) is 72.8 Å². The average molecular weight is 472 g/mol. The molecule has 0 fully saturated rings. The fourth-order valence-electron chi connectivity index (χ4n) is 2.98. The largest absolute Gasteiger partial charge is 0.481 e. The van der Waals surface area contributed by atoms with Crippen LogP contribution in [0, 0.1) is 5.41 Å². The number of aliphatic carboxylic acids is 1. The number of nitrogens with one attached hydrogen (secondary N) is 1. The molecule has 182 valence electrons. The summed E-state index contributed by atoms with van der Waals surface area (Å²) in [5, 5.41) is 11.9. The molecule has 1 aromatic rings. The second-order valence-electron chi connectivity index (χ2n) is 9.21. The van der Waals surface area contributed by atoms with Gasteiger partial charge >= 0.3 is 19.5 Å². The third-order valence-corrected chi connectivity index (χ3v) is 7.01. The first-order valence-corrected chi connectivity index (χ1v) is 12.6. The topological polar surface area (TPSA) is 111 Å². The maximum Gasteiger partial charge on any atom is 0.342 e. The lowest BCUT2D eigenvalue weighted by atomic mass is 9.90. The van der Waals surface area contributed by atoms with Crippen LogP contribution in [0.2, 0.25) is 0 Å². The van der Waals surface area contributed by atoms with Crippen LogP contribution in [0.25, 0.3) is 0 Å². The summed E-state index contributed by atoms with van der Waals surface area (Å²) in [6.45, 7) is 12.7. The van der Waals surface area contributed by atoms with Gasteiger partial charge in [0, 0.05) is 7.11 Å². The van der Waals surface area contributed by atoms with Gasteiger partial charge < -0.3 is 19.1 Å². The Morgan fingerprint density at radius 3 is 2.06 bits per heavy atom. The summed E-state index contributed by atoms with van der Waals surface area (Å²) >= 11 is 0. The van der Waals surface area contributed by atoms with Crippen molar-refractivity contribution in [1.82, 2.24) is 5.09 Å². The molecular formula is C23H38NO7P. The summed E-state index contributed by atoms with van der Waals surface area (Å²) in [5.41, 5.74) is 0.820. The lowest BCUT2D eigenvalue weighted by Gasteiger charge is -2.27. The molecular weight excluding hydrogens is 433 g/mol. The van der Waals surface area contributed by atoms with E-state index in [2.05, 4.69) is 5.09 Å². The summed E-state index contributed by atoms with van der Waals surface area (Å²) in [6.07, 6.45) is -0.0762. The average Bonchev–Trinajstić information content (AvgIpc) is 2.67. The Morgan fingerprint density at radius 2 is 1.62 bits per heavy atom. The van der Waals surface area contributed by atoms with E-state index < -0.39 is 30.9 Å². The van der Waals surface area contributed by atoms with Crippen LogP contribution < -0.4 is 9.61 Å². The quantitative estimate of drug-likeness (QED) is 0.301. The molecule has 1 unspecified atom stereocenters. The number of para-hydroxylation sites is 1. The monoisotopic (exact) mass is 471 g/mol. The number of carbonyl (C=O) groups is 2. The Morgan fingerprint density at radius 1 is 1.09 bits per heavy atom. The number of hydrogen-bond donors (Lipinski definition) is 2. The first-order chi connectivity index (χ1) is 14.7. The Balaban J connectivity index is 3.02. The van der Waals surface area contributed by atoms with Crippen LogP contribution in [-0.2, 0) is 23.6 Å². The molecule has 2 N–H and O–H groups in total. The smallest absolute Gasteiger partial charge is 0.342 e. The number of ether oxygens (including phenoxy) is 2. The lowest BCUT2D eigenvalue weighted by Crippen LogP contribution is -2.36. The molecule has 0 radical (unpaired) electrons. The molecule has 8 nitrogen and oxygen atoms in total. The van der Waals surface area contributed by atoms with Crippen LogP contribution in [0.5, 0.6) is 5.75 Å². The Kier molecular flexibility index (Phi) is 10.4. The van der Waals surface area contributed by atoms with E-state index in [4.69, 9.17) is 14.0 Å². The van der Waals surface area contributed by atoms with E-state index in [0.29, 0.717) is 5.75 Å². The number of rotatable bonds is 13. The van der Waals surface area contributed by atoms with E-state index in [1.165, 1.54) is 14.0 Å². The molecule has 2 atom stereocenters. The second-order valence-corrected chi connectivity index (χ2v) is 11.3. The van der Waals surface area contributed by atoms with Crippen molar-refractivity contribution in [3.8, 4) is 5.75 Å². The van der Waals surface area contributed by atoms with Crippen LogP contribution in [0.4, 0.5) is 0 Å². The van der Waals surface area contributed by atoms with Crippen molar-refractivity contribution in [3.05, 3.63) is 29.3 Å². The van der Waals surface area contributed by atoms with Crippen LogP contribution in [0.1, 0.15) is 77.8 Å². The Hall–Kier alpha value is -1.89. The zero-order chi connectivity index (χ0) is 24.7. The van der Waals surface area contributed by atoms with Gasteiger partial charge in [-0.1, -0.05) is 45.9 Å². The Labute approximate surface area is 191 Å². The standard InChI is InChI=1S/C23H38NO7P/c1-15(2)18-10-9-11-19(16(3)4)20(18)31-32(28,14-29-8)24-17(5)21(25)30-13-12-23(6,7)22(26)27/h9-11,15-17H,12-14H2,1-8H3,(H,24,28)(H,26,27)/t17-,32?/m0/s1. The molecule has 9 heteroatoms. The molecule has 1 rings (SSSR count). The van der Waals surface area contributed by atoms with Gasteiger partial charge in [0.1, 0.15) is 18.1 Å². The SMILES string of the molecule is COCP(=O)(N[C@@H](C)C(=O)OCCC(C)(C)C(=O)O)Oc1c(C(C)C)cccc1C(C)C. The van der Waals surface area contributed by atoms with Crippen molar-refractivity contribution in [1.29, 1.82) is 0 Å². The van der Waals surface area contributed by atoms with Gasteiger partial charge in [0.25, 0.3) is 0 Å². The van der Waals surface area contributed by atoms with Gasteiger partial charge in [-0.25, -0.2) is 5.09 Å². The number of carboxylic acid groups (broad SMARTS) is 1. The number of esters is 1. The van der Waals surface area contributed by atoms with Crippen molar-refractivity contribution >= 4 is 19.5 Å². The fraction of sp³-hybridized carbons (Fsp3) is 0.652. The van der Waals surface area contributed by atoms with Crippen LogP contribution in [-0.4, -0.2) is 43.2 Å². The highest BCUT2D eigenvalue weighted by molar-refractivity contribution is 7.57. The minimum atomic E-state index is -3.63. The zero-order valence-electron chi connectivity index (χ0n) is 20.4.